The number of hydrogen-bond donors (Lipinski definition) is 3. The Balaban J connectivity index is 1.98. The summed E-state index contributed by atoms with van der Waals surface area (Å²) in [5.41, 5.74) is -5.05. The van der Waals surface area contributed by atoms with Crippen LogP contribution in [-0.4, -0.2) is 31.8 Å². The predicted octanol–water partition coefficient (Wildman–Crippen LogP) is 3.91. The minimum Gasteiger partial charge on any atom is -0.505 e. The molecule has 2 atom stereocenters. The number of benzene rings is 2. The lowest BCUT2D eigenvalue weighted by atomic mass is 9.63. The molecule has 1 heterocycles. The molecule has 1 aliphatic rings. The van der Waals surface area contributed by atoms with Crippen LogP contribution in [0.15, 0.2) is 41.3 Å². The Bertz CT molecular complexity index is 1290. The first-order valence-corrected chi connectivity index (χ1v) is 9.80. The van der Waals surface area contributed by atoms with Crippen LogP contribution in [0.4, 0.5) is 23.2 Å². The van der Waals surface area contributed by atoms with Gasteiger partial charge in [0.05, 0.1) is 17.6 Å². The average Bonchev–Trinajstić information content (AvgIpc) is 2.69. The number of phenols is 1. The van der Waals surface area contributed by atoms with Crippen molar-refractivity contribution in [2.75, 3.05) is 5.32 Å². The Labute approximate surface area is 180 Å². The lowest BCUT2D eigenvalue weighted by molar-refractivity contribution is -0.276. The molecular formula is C22H21F4N3O3. The van der Waals surface area contributed by atoms with Gasteiger partial charge in [-0.2, -0.15) is 18.3 Å². The first-order chi connectivity index (χ1) is 14.8. The molecule has 0 saturated heterocycles. The van der Waals surface area contributed by atoms with E-state index in [2.05, 4.69) is 10.4 Å². The number of aromatic nitrogens is 2. The third kappa shape index (κ3) is 3.12. The maximum atomic E-state index is 14.2. The van der Waals surface area contributed by atoms with E-state index < -0.39 is 46.8 Å². The Kier molecular flexibility index (Phi) is 4.78. The first-order valence-electron chi connectivity index (χ1n) is 9.80. The average molecular weight is 451 g/mol. The van der Waals surface area contributed by atoms with Crippen LogP contribution in [0.5, 0.6) is 5.75 Å². The van der Waals surface area contributed by atoms with Gasteiger partial charge in [-0.25, -0.2) is 9.07 Å². The van der Waals surface area contributed by atoms with Crippen LogP contribution in [0.1, 0.15) is 37.4 Å². The molecular weight excluding hydrogens is 430 g/mol. The second kappa shape index (κ2) is 6.93. The van der Waals surface area contributed by atoms with Crippen LogP contribution in [0.3, 0.4) is 0 Å². The molecule has 2 unspecified atom stereocenters. The van der Waals surface area contributed by atoms with Crippen LogP contribution < -0.4 is 10.9 Å². The molecule has 1 aliphatic carbocycles. The summed E-state index contributed by atoms with van der Waals surface area (Å²) in [5.74, 6) is -1.72. The number of nitrogens with zero attached hydrogens (tertiary/aromatic N) is 2. The van der Waals surface area contributed by atoms with Crippen molar-refractivity contribution in [1.29, 1.82) is 0 Å². The molecule has 10 heteroatoms. The van der Waals surface area contributed by atoms with Crippen LogP contribution in [0.25, 0.3) is 10.8 Å². The van der Waals surface area contributed by atoms with Gasteiger partial charge < -0.3 is 15.5 Å². The summed E-state index contributed by atoms with van der Waals surface area (Å²) in [6.45, 7) is 2.81. The predicted molar refractivity (Wildman–Crippen MR) is 110 cm³/mol. The van der Waals surface area contributed by atoms with Gasteiger partial charge in [-0.1, -0.05) is 26.0 Å². The zero-order chi connectivity index (χ0) is 23.6. The van der Waals surface area contributed by atoms with Crippen LogP contribution in [0, 0.1) is 5.82 Å². The number of aromatic hydroxyl groups is 1. The lowest BCUT2D eigenvalue weighted by Crippen LogP contribution is -2.58. The summed E-state index contributed by atoms with van der Waals surface area (Å²) < 4.78 is 57.9. The smallest absolute Gasteiger partial charge is 0.419 e. The summed E-state index contributed by atoms with van der Waals surface area (Å²) in [5, 5.41) is 28.5. The van der Waals surface area contributed by atoms with Crippen molar-refractivity contribution in [3.05, 3.63) is 63.8 Å². The summed E-state index contributed by atoms with van der Waals surface area (Å²) in [6, 6.07) is 4.67. The standard InChI is InChI=1S/C22H21F4N3O3/c1-20(2)10-21(32,22(24,25)26)18(12-7-8-14(23)17(30)16(12)20)28-15-6-4-5-11-13(15)9-27-29(3)19(11)31/h4-9,18,28,30,32H,10H2,1-3H3. The highest BCUT2D eigenvalue weighted by atomic mass is 19.4. The highest BCUT2D eigenvalue weighted by Crippen LogP contribution is 2.56. The molecule has 0 amide bonds. The summed E-state index contributed by atoms with van der Waals surface area (Å²) in [6.07, 6.45) is -4.54. The van der Waals surface area contributed by atoms with Crippen LogP contribution in [-0.2, 0) is 12.5 Å². The summed E-state index contributed by atoms with van der Waals surface area (Å²) >= 11 is 0. The number of aryl methyl sites for hydroxylation is 1. The fraction of sp³-hybridized carbons (Fsp3) is 0.364. The van der Waals surface area contributed by atoms with Gasteiger partial charge in [0.2, 0.25) is 0 Å². The highest BCUT2D eigenvalue weighted by molar-refractivity contribution is 5.92. The van der Waals surface area contributed by atoms with E-state index in [9.17, 15) is 32.6 Å². The molecule has 170 valence electrons. The van der Waals surface area contributed by atoms with E-state index in [1.807, 2.05) is 0 Å². The van der Waals surface area contributed by atoms with Crippen molar-refractivity contribution in [1.82, 2.24) is 9.78 Å². The molecule has 0 saturated carbocycles. The minimum atomic E-state index is -5.05. The molecule has 0 spiro atoms. The fourth-order valence-corrected chi connectivity index (χ4v) is 4.66. The number of rotatable bonds is 2. The molecule has 0 fully saturated rings. The molecule has 2 aromatic carbocycles. The van der Waals surface area contributed by atoms with Gasteiger partial charge in [-0.05, 0) is 35.6 Å². The maximum absolute atomic E-state index is 14.2. The quantitative estimate of drug-likeness (QED) is 0.515. The number of aliphatic hydroxyl groups is 1. The van der Waals surface area contributed by atoms with E-state index in [1.165, 1.54) is 45.3 Å². The van der Waals surface area contributed by atoms with E-state index in [-0.39, 0.29) is 27.6 Å². The normalized spacial score (nSPS) is 22.6. The number of alkyl halides is 3. The summed E-state index contributed by atoms with van der Waals surface area (Å²) in [4.78, 5) is 12.4. The largest absolute Gasteiger partial charge is 0.505 e. The number of halogens is 4. The Morgan fingerprint density at radius 2 is 1.88 bits per heavy atom. The van der Waals surface area contributed by atoms with Crippen LogP contribution >= 0.6 is 0 Å². The molecule has 6 nitrogen and oxygen atoms in total. The first kappa shape index (κ1) is 22.1. The molecule has 3 N–H and O–H groups in total. The van der Waals surface area contributed by atoms with E-state index in [0.717, 1.165) is 16.8 Å². The Morgan fingerprint density at radius 3 is 2.53 bits per heavy atom. The number of phenolic OH excluding ortho intramolecular Hbond substituents is 1. The molecule has 4 rings (SSSR count). The molecule has 1 aromatic heterocycles. The van der Waals surface area contributed by atoms with Crippen molar-refractivity contribution in [2.24, 2.45) is 7.05 Å². The molecule has 0 aliphatic heterocycles. The van der Waals surface area contributed by atoms with Gasteiger partial charge in [0.15, 0.2) is 17.2 Å². The van der Waals surface area contributed by atoms with Crippen molar-refractivity contribution >= 4 is 16.5 Å². The van der Waals surface area contributed by atoms with Gasteiger partial charge in [-0.15, -0.1) is 0 Å². The van der Waals surface area contributed by atoms with Gasteiger partial charge in [0.1, 0.15) is 0 Å². The third-order valence-corrected chi connectivity index (χ3v) is 6.12. The number of anilines is 1. The monoisotopic (exact) mass is 451 g/mol. The van der Waals surface area contributed by atoms with Gasteiger partial charge in [-0.3, -0.25) is 4.79 Å². The van der Waals surface area contributed by atoms with Crippen molar-refractivity contribution in [3.63, 3.8) is 0 Å². The second-order valence-corrected chi connectivity index (χ2v) is 8.76. The summed E-state index contributed by atoms with van der Waals surface area (Å²) in [7, 11) is 1.45. The zero-order valence-corrected chi connectivity index (χ0v) is 17.5. The number of fused-ring (bicyclic) bond motifs is 2. The van der Waals surface area contributed by atoms with Crippen LogP contribution in [0.2, 0.25) is 0 Å². The minimum absolute atomic E-state index is 0.0156. The third-order valence-electron chi connectivity index (χ3n) is 6.12. The Morgan fingerprint density at radius 1 is 1.19 bits per heavy atom. The van der Waals surface area contributed by atoms with E-state index in [1.54, 1.807) is 0 Å². The second-order valence-electron chi connectivity index (χ2n) is 8.76. The van der Waals surface area contributed by atoms with Gasteiger partial charge in [0, 0.05) is 23.7 Å². The topological polar surface area (TPSA) is 87.4 Å². The molecule has 0 radical (unpaired) electrons. The molecule has 0 bridgehead atoms. The van der Waals surface area contributed by atoms with Crippen molar-refractivity contribution in [3.8, 4) is 5.75 Å². The number of hydrogen-bond acceptors (Lipinski definition) is 5. The van der Waals surface area contributed by atoms with E-state index >= 15 is 0 Å². The van der Waals surface area contributed by atoms with E-state index in [4.69, 9.17) is 0 Å². The lowest BCUT2D eigenvalue weighted by Gasteiger charge is -2.49. The number of nitrogens with one attached hydrogen (secondary N) is 1. The highest BCUT2D eigenvalue weighted by Gasteiger charge is 2.64. The molecule has 3 aromatic rings. The zero-order valence-electron chi connectivity index (χ0n) is 17.5. The Hall–Kier alpha value is -3.14. The van der Waals surface area contributed by atoms with Gasteiger partial charge >= 0.3 is 6.18 Å². The van der Waals surface area contributed by atoms with Crippen molar-refractivity contribution in [2.45, 2.75) is 43.5 Å². The van der Waals surface area contributed by atoms with Gasteiger partial charge in [0.25, 0.3) is 5.56 Å². The SMILES string of the molecule is Cn1ncc2c(NC3c4ccc(F)c(O)c4C(C)(C)CC3(O)C(F)(F)F)cccc2c1=O. The fourth-order valence-electron chi connectivity index (χ4n) is 4.66. The molecule has 32 heavy (non-hydrogen) atoms. The maximum Gasteiger partial charge on any atom is 0.419 e. The van der Waals surface area contributed by atoms with Crippen molar-refractivity contribution < 1.29 is 27.8 Å². The van der Waals surface area contributed by atoms with E-state index in [0.29, 0.717) is 0 Å².